The summed E-state index contributed by atoms with van der Waals surface area (Å²) in [7, 11) is 0. The number of nitrogens with zero attached hydrogens (tertiary/aromatic N) is 3. The van der Waals surface area contributed by atoms with Gasteiger partial charge in [-0.15, -0.1) is 11.3 Å². The zero-order chi connectivity index (χ0) is 15.5. The second-order valence-corrected chi connectivity index (χ2v) is 6.89. The lowest BCUT2D eigenvalue weighted by Gasteiger charge is -2.13. The van der Waals surface area contributed by atoms with E-state index in [4.69, 9.17) is 0 Å². The Morgan fingerprint density at radius 3 is 2.77 bits per heavy atom. The maximum absolute atomic E-state index is 4.64. The van der Waals surface area contributed by atoms with Crippen molar-refractivity contribution < 1.29 is 0 Å². The van der Waals surface area contributed by atoms with Crippen LogP contribution in [0.15, 0.2) is 0 Å². The molecule has 0 spiro atoms. The van der Waals surface area contributed by atoms with E-state index in [1.807, 2.05) is 6.92 Å². The summed E-state index contributed by atoms with van der Waals surface area (Å²) in [6.07, 6.45) is 2.94. The van der Waals surface area contributed by atoms with Gasteiger partial charge in [0.1, 0.15) is 11.6 Å². The SMILES string of the molecule is CCc1nc(C)sc1CNc1nc(C)nc2c1CCNCC2. The monoisotopic (exact) mass is 317 g/mol. The molecule has 0 fully saturated rings. The molecule has 2 N–H and O–H groups in total. The zero-order valence-electron chi connectivity index (χ0n) is 13.5. The zero-order valence-corrected chi connectivity index (χ0v) is 14.3. The molecule has 1 aliphatic heterocycles. The fraction of sp³-hybridized carbons (Fsp3) is 0.562. The first kappa shape index (κ1) is 15.4. The summed E-state index contributed by atoms with van der Waals surface area (Å²) in [4.78, 5) is 15.2. The van der Waals surface area contributed by atoms with E-state index in [9.17, 15) is 0 Å². The van der Waals surface area contributed by atoms with Crippen LogP contribution in [-0.2, 0) is 25.8 Å². The topological polar surface area (TPSA) is 62.7 Å². The second kappa shape index (κ2) is 6.71. The molecule has 1 aliphatic rings. The van der Waals surface area contributed by atoms with Crippen LogP contribution in [0.25, 0.3) is 0 Å². The van der Waals surface area contributed by atoms with Gasteiger partial charge in [0.25, 0.3) is 0 Å². The molecule has 0 amide bonds. The van der Waals surface area contributed by atoms with E-state index in [0.29, 0.717) is 0 Å². The van der Waals surface area contributed by atoms with E-state index < -0.39 is 0 Å². The Bertz CT molecular complexity index is 665. The van der Waals surface area contributed by atoms with Gasteiger partial charge in [-0.1, -0.05) is 6.92 Å². The Balaban J connectivity index is 1.84. The molecule has 118 valence electrons. The number of thiazole rings is 1. The first-order chi connectivity index (χ1) is 10.7. The number of fused-ring (bicyclic) bond motifs is 1. The van der Waals surface area contributed by atoms with E-state index in [1.54, 1.807) is 11.3 Å². The van der Waals surface area contributed by atoms with Crippen LogP contribution < -0.4 is 10.6 Å². The first-order valence-corrected chi connectivity index (χ1v) is 8.75. The lowest BCUT2D eigenvalue weighted by Crippen LogP contribution is -2.16. The maximum Gasteiger partial charge on any atom is 0.133 e. The highest BCUT2D eigenvalue weighted by atomic mass is 32.1. The highest BCUT2D eigenvalue weighted by Crippen LogP contribution is 2.23. The third kappa shape index (κ3) is 3.28. The van der Waals surface area contributed by atoms with Gasteiger partial charge in [-0.3, -0.25) is 0 Å². The van der Waals surface area contributed by atoms with Gasteiger partial charge in [0.15, 0.2) is 0 Å². The van der Waals surface area contributed by atoms with Crippen LogP contribution in [0.3, 0.4) is 0 Å². The van der Waals surface area contributed by atoms with Gasteiger partial charge in [-0.05, 0) is 33.2 Å². The Morgan fingerprint density at radius 2 is 1.95 bits per heavy atom. The smallest absolute Gasteiger partial charge is 0.133 e. The molecule has 3 heterocycles. The molecule has 0 bridgehead atoms. The van der Waals surface area contributed by atoms with Crippen molar-refractivity contribution in [2.45, 2.75) is 46.6 Å². The third-order valence-electron chi connectivity index (χ3n) is 3.93. The van der Waals surface area contributed by atoms with Gasteiger partial charge in [0, 0.05) is 23.4 Å². The molecule has 0 unspecified atom stereocenters. The minimum absolute atomic E-state index is 0.797. The van der Waals surface area contributed by atoms with Crippen molar-refractivity contribution in [1.82, 2.24) is 20.3 Å². The van der Waals surface area contributed by atoms with E-state index in [0.717, 1.165) is 55.5 Å². The molecule has 0 saturated heterocycles. The van der Waals surface area contributed by atoms with Crippen LogP contribution in [0.2, 0.25) is 0 Å². The molecular formula is C16H23N5S. The van der Waals surface area contributed by atoms with Crippen LogP contribution >= 0.6 is 11.3 Å². The number of hydrogen-bond donors (Lipinski definition) is 2. The predicted octanol–water partition coefficient (Wildman–Crippen LogP) is 2.41. The van der Waals surface area contributed by atoms with Crippen molar-refractivity contribution in [3.8, 4) is 0 Å². The Kier molecular flexibility index (Phi) is 4.69. The van der Waals surface area contributed by atoms with Crippen molar-refractivity contribution >= 4 is 17.2 Å². The average Bonchev–Trinajstić information content (AvgIpc) is 2.69. The average molecular weight is 317 g/mol. The molecule has 0 aromatic carbocycles. The maximum atomic E-state index is 4.64. The minimum atomic E-state index is 0.797. The number of anilines is 1. The Morgan fingerprint density at radius 1 is 1.14 bits per heavy atom. The summed E-state index contributed by atoms with van der Waals surface area (Å²) in [5.74, 6) is 1.85. The van der Waals surface area contributed by atoms with Crippen molar-refractivity contribution in [3.63, 3.8) is 0 Å². The van der Waals surface area contributed by atoms with Crippen LogP contribution in [-0.4, -0.2) is 28.0 Å². The van der Waals surface area contributed by atoms with Crippen LogP contribution in [0.5, 0.6) is 0 Å². The van der Waals surface area contributed by atoms with Gasteiger partial charge in [-0.25, -0.2) is 15.0 Å². The van der Waals surface area contributed by atoms with E-state index in [1.165, 1.54) is 21.8 Å². The Hall–Kier alpha value is -1.53. The first-order valence-electron chi connectivity index (χ1n) is 7.93. The minimum Gasteiger partial charge on any atom is -0.365 e. The number of nitrogens with one attached hydrogen (secondary N) is 2. The van der Waals surface area contributed by atoms with Crippen LogP contribution in [0, 0.1) is 13.8 Å². The molecule has 6 heteroatoms. The fourth-order valence-corrected chi connectivity index (χ4v) is 3.87. The standard InChI is InChI=1S/C16H23N5S/c1-4-13-15(22-11(3)21-13)9-18-16-12-5-7-17-8-6-14(12)19-10(2)20-16/h17H,4-9H2,1-3H3,(H,18,19,20). The van der Waals surface area contributed by atoms with Gasteiger partial charge in [0.2, 0.25) is 0 Å². The summed E-state index contributed by atoms with van der Waals surface area (Å²) in [6.45, 7) is 8.98. The summed E-state index contributed by atoms with van der Waals surface area (Å²) >= 11 is 1.77. The quantitative estimate of drug-likeness (QED) is 0.907. The van der Waals surface area contributed by atoms with Crippen molar-refractivity contribution in [2.75, 3.05) is 18.4 Å². The lowest BCUT2D eigenvalue weighted by molar-refractivity contribution is 0.708. The van der Waals surface area contributed by atoms with Crippen LogP contribution in [0.4, 0.5) is 5.82 Å². The lowest BCUT2D eigenvalue weighted by atomic mass is 10.1. The number of aryl methyl sites for hydroxylation is 3. The number of aromatic nitrogens is 3. The normalized spacial score (nSPS) is 14.5. The molecule has 3 rings (SSSR count). The molecule has 0 radical (unpaired) electrons. The van der Waals surface area contributed by atoms with Crippen molar-refractivity contribution in [1.29, 1.82) is 0 Å². The number of rotatable bonds is 4. The summed E-state index contributed by atoms with van der Waals surface area (Å²) in [5.41, 5.74) is 3.67. The molecule has 2 aromatic heterocycles. The van der Waals surface area contributed by atoms with Gasteiger partial charge >= 0.3 is 0 Å². The highest BCUT2D eigenvalue weighted by molar-refractivity contribution is 7.11. The Labute approximate surface area is 135 Å². The van der Waals surface area contributed by atoms with E-state index >= 15 is 0 Å². The molecule has 2 aromatic rings. The van der Waals surface area contributed by atoms with Gasteiger partial charge in [-0.2, -0.15) is 0 Å². The van der Waals surface area contributed by atoms with E-state index in [-0.39, 0.29) is 0 Å². The van der Waals surface area contributed by atoms with E-state index in [2.05, 4.69) is 39.4 Å². The molecule has 0 atom stereocenters. The highest BCUT2D eigenvalue weighted by Gasteiger charge is 2.16. The van der Waals surface area contributed by atoms with Gasteiger partial charge in [0.05, 0.1) is 22.9 Å². The molecule has 0 aliphatic carbocycles. The van der Waals surface area contributed by atoms with Crippen LogP contribution in [0.1, 0.15) is 39.6 Å². The molecule has 22 heavy (non-hydrogen) atoms. The second-order valence-electron chi connectivity index (χ2n) is 5.60. The summed E-state index contributed by atoms with van der Waals surface area (Å²) < 4.78 is 0. The number of hydrogen-bond acceptors (Lipinski definition) is 6. The predicted molar refractivity (Wildman–Crippen MR) is 90.6 cm³/mol. The fourth-order valence-electron chi connectivity index (χ4n) is 2.91. The molecule has 5 nitrogen and oxygen atoms in total. The largest absolute Gasteiger partial charge is 0.365 e. The summed E-state index contributed by atoms with van der Waals surface area (Å²) in [5, 5.41) is 8.10. The van der Waals surface area contributed by atoms with Crippen molar-refractivity contribution in [3.05, 3.63) is 32.7 Å². The third-order valence-corrected chi connectivity index (χ3v) is 4.94. The summed E-state index contributed by atoms with van der Waals surface area (Å²) in [6, 6.07) is 0. The van der Waals surface area contributed by atoms with Crippen molar-refractivity contribution in [2.24, 2.45) is 0 Å². The molecule has 0 saturated carbocycles. The van der Waals surface area contributed by atoms with Gasteiger partial charge < -0.3 is 10.6 Å². The molecular weight excluding hydrogens is 294 g/mol.